The minimum Gasteiger partial charge on any atom is -0.309 e. The summed E-state index contributed by atoms with van der Waals surface area (Å²) >= 11 is 1.90. The summed E-state index contributed by atoms with van der Waals surface area (Å²) in [6.45, 7) is 9.46. The molecule has 108 valence electrons. The molecule has 2 atom stereocenters. The van der Waals surface area contributed by atoms with Crippen molar-refractivity contribution < 1.29 is 0 Å². The topological polar surface area (TPSA) is 12.0 Å². The van der Waals surface area contributed by atoms with Crippen LogP contribution in [0.15, 0.2) is 43.0 Å². The standard InChI is InChI=1S/C18H25NS/c1-4-8-15(5-2)11-12-19-14(3)18-13-16-9-6-7-10-17(16)20-18/h4,6-7,9-10,13-15,19H,1,5,8,11-12H2,2-3H3. The van der Waals surface area contributed by atoms with E-state index in [0.717, 1.165) is 18.9 Å². The Labute approximate surface area is 126 Å². The van der Waals surface area contributed by atoms with E-state index in [9.17, 15) is 0 Å². The molecule has 2 rings (SSSR count). The molecule has 0 aliphatic rings. The number of nitrogens with one attached hydrogen (secondary N) is 1. The van der Waals surface area contributed by atoms with Gasteiger partial charge in [-0.1, -0.05) is 37.6 Å². The highest BCUT2D eigenvalue weighted by Gasteiger charge is 2.10. The van der Waals surface area contributed by atoms with Gasteiger partial charge in [-0.05, 0) is 49.7 Å². The Kier molecular flexibility index (Phi) is 5.81. The van der Waals surface area contributed by atoms with Crippen LogP contribution in [0.25, 0.3) is 10.1 Å². The van der Waals surface area contributed by atoms with Crippen LogP contribution in [0.3, 0.4) is 0 Å². The molecule has 0 radical (unpaired) electrons. The third-order valence-electron chi connectivity index (χ3n) is 3.95. The van der Waals surface area contributed by atoms with Crippen molar-refractivity contribution in [2.45, 2.75) is 39.2 Å². The van der Waals surface area contributed by atoms with Gasteiger partial charge < -0.3 is 5.32 Å². The molecule has 1 aromatic heterocycles. The molecular formula is C18H25NS. The van der Waals surface area contributed by atoms with E-state index in [1.54, 1.807) is 0 Å². The quantitative estimate of drug-likeness (QED) is 0.628. The van der Waals surface area contributed by atoms with Crippen LogP contribution in [0, 0.1) is 5.92 Å². The van der Waals surface area contributed by atoms with Crippen LogP contribution < -0.4 is 5.32 Å². The summed E-state index contributed by atoms with van der Waals surface area (Å²) in [5.74, 6) is 0.773. The number of rotatable bonds is 8. The molecular weight excluding hydrogens is 262 g/mol. The monoisotopic (exact) mass is 287 g/mol. The van der Waals surface area contributed by atoms with Crippen LogP contribution in [0.1, 0.15) is 44.0 Å². The molecule has 0 aliphatic heterocycles. The summed E-state index contributed by atoms with van der Waals surface area (Å²) in [6, 6.07) is 11.4. The fourth-order valence-electron chi connectivity index (χ4n) is 2.54. The fourth-order valence-corrected chi connectivity index (χ4v) is 3.64. The second kappa shape index (κ2) is 7.61. The van der Waals surface area contributed by atoms with Crippen molar-refractivity contribution in [2.75, 3.05) is 6.54 Å². The zero-order chi connectivity index (χ0) is 14.4. The van der Waals surface area contributed by atoms with E-state index < -0.39 is 0 Å². The van der Waals surface area contributed by atoms with E-state index in [1.165, 1.54) is 27.8 Å². The van der Waals surface area contributed by atoms with E-state index in [2.05, 4.69) is 56.1 Å². The summed E-state index contributed by atoms with van der Waals surface area (Å²) in [7, 11) is 0. The Morgan fingerprint density at radius 1 is 1.35 bits per heavy atom. The predicted octanol–water partition coefficient (Wildman–Crippen LogP) is 5.54. The van der Waals surface area contributed by atoms with E-state index in [1.807, 2.05) is 17.4 Å². The predicted molar refractivity (Wildman–Crippen MR) is 91.5 cm³/mol. The van der Waals surface area contributed by atoms with Crippen molar-refractivity contribution in [3.05, 3.63) is 47.9 Å². The molecule has 2 unspecified atom stereocenters. The number of hydrogen-bond donors (Lipinski definition) is 1. The maximum absolute atomic E-state index is 3.84. The molecule has 1 aromatic carbocycles. The van der Waals surface area contributed by atoms with E-state index in [0.29, 0.717) is 6.04 Å². The SMILES string of the molecule is C=CCC(CC)CCNC(C)c1cc2ccccc2s1. The number of thiophene rings is 1. The third-order valence-corrected chi connectivity index (χ3v) is 5.25. The lowest BCUT2D eigenvalue weighted by molar-refractivity contribution is 0.439. The minimum absolute atomic E-state index is 0.439. The Hall–Kier alpha value is -1.12. The number of hydrogen-bond acceptors (Lipinski definition) is 2. The van der Waals surface area contributed by atoms with Gasteiger partial charge in [0.2, 0.25) is 0 Å². The fraction of sp³-hybridized carbons (Fsp3) is 0.444. The van der Waals surface area contributed by atoms with Gasteiger partial charge in [-0.25, -0.2) is 0 Å². The molecule has 0 spiro atoms. The van der Waals surface area contributed by atoms with Crippen molar-refractivity contribution in [3.8, 4) is 0 Å². The molecule has 2 heteroatoms. The number of fused-ring (bicyclic) bond motifs is 1. The van der Waals surface area contributed by atoms with E-state index >= 15 is 0 Å². The molecule has 2 aromatic rings. The van der Waals surface area contributed by atoms with Crippen LogP contribution in [0.4, 0.5) is 0 Å². The average molecular weight is 287 g/mol. The average Bonchev–Trinajstić information content (AvgIpc) is 2.90. The van der Waals surface area contributed by atoms with Crippen LogP contribution >= 0.6 is 11.3 Å². The first-order chi connectivity index (χ1) is 9.74. The van der Waals surface area contributed by atoms with Gasteiger partial charge in [0, 0.05) is 15.6 Å². The van der Waals surface area contributed by atoms with Gasteiger partial charge in [0.25, 0.3) is 0 Å². The van der Waals surface area contributed by atoms with Gasteiger partial charge in [0.15, 0.2) is 0 Å². The van der Waals surface area contributed by atoms with Crippen LogP contribution in [0.5, 0.6) is 0 Å². The molecule has 1 heterocycles. The first-order valence-corrected chi connectivity index (χ1v) is 8.39. The summed E-state index contributed by atoms with van der Waals surface area (Å²) in [5.41, 5.74) is 0. The zero-order valence-electron chi connectivity index (χ0n) is 12.6. The molecule has 0 saturated heterocycles. The molecule has 0 saturated carbocycles. The first kappa shape index (κ1) is 15.3. The number of allylic oxidation sites excluding steroid dienone is 1. The lowest BCUT2D eigenvalue weighted by Crippen LogP contribution is -2.21. The maximum Gasteiger partial charge on any atom is 0.0386 e. The number of benzene rings is 1. The van der Waals surface area contributed by atoms with Gasteiger partial charge >= 0.3 is 0 Å². The van der Waals surface area contributed by atoms with Crippen molar-refractivity contribution in [2.24, 2.45) is 5.92 Å². The molecule has 0 amide bonds. The Morgan fingerprint density at radius 3 is 2.85 bits per heavy atom. The Bertz CT molecular complexity index is 510. The summed E-state index contributed by atoms with van der Waals surface area (Å²) in [6.07, 6.45) is 5.65. The molecule has 20 heavy (non-hydrogen) atoms. The van der Waals surface area contributed by atoms with Gasteiger partial charge in [-0.2, -0.15) is 0 Å². The van der Waals surface area contributed by atoms with Gasteiger partial charge in [-0.3, -0.25) is 0 Å². The summed E-state index contributed by atoms with van der Waals surface area (Å²) < 4.78 is 1.38. The summed E-state index contributed by atoms with van der Waals surface area (Å²) in [5, 5.41) is 5.02. The van der Waals surface area contributed by atoms with Gasteiger partial charge in [0.1, 0.15) is 0 Å². The molecule has 1 N–H and O–H groups in total. The maximum atomic E-state index is 3.84. The van der Waals surface area contributed by atoms with Crippen molar-refractivity contribution in [1.29, 1.82) is 0 Å². The van der Waals surface area contributed by atoms with Gasteiger partial charge in [0.05, 0.1) is 0 Å². The second-order valence-electron chi connectivity index (χ2n) is 5.45. The highest BCUT2D eigenvalue weighted by molar-refractivity contribution is 7.19. The minimum atomic E-state index is 0.439. The van der Waals surface area contributed by atoms with Crippen molar-refractivity contribution in [1.82, 2.24) is 5.32 Å². The lowest BCUT2D eigenvalue weighted by Gasteiger charge is -2.16. The third kappa shape index (κ3) is 3.94. The van der Waals surface area contributed by atoms with Crippen LogP contribution in [-0.2, 0) is 0 Å². The van der Waals surface area contributed by atoms with E-state index in [-0.39, 0.29) is 0 Å². The highest BCUT2D eigenvalue weighted by atomic mass is 32.1. The Balaban J connectivity index is 1.88. The zero-order valence-corrected chi connectivity index (χ0v) is 13.4. The van der Waals surface area contributed by atoms with E-state index in [4.69, 9.17) is 0 Å². The first-order valence-electron chi connectivity index (χ1n) is 7.57. The Morgan fingerprint density at radius 2 is 2.15 bits per heavy atom. The molecule has 0 fully saturated rings. The smallest absolute Gasteiger partial charge is 0.0386 e. The molecule has 0 aliphatic carbocycles. The molecule has 0 bridgehead atoms. The van der Waals surface area contributed by atoms with Crippen molar-refractivity contribution in [3.63, 3.8) is 0 Å². The second-order valence-corrected chi connectivity index (χ2v) is 6.57. The van der Waals surface area contributed by atoms with Gasteiger partial charge in [-0.15, -0.1) is 17.9 Å². The van der Waals surface area contributed by atoms with Crippen LogP contribution in [-0.4, -0.2) is 6.54 Å². The van der Waals surface area contributed by atoms with Crippen molar-refractivity contribution >= 4 is 21.4 Å². The highest BCUT2D eigenvalue weighted by Crippen LogP contribution is 2.29. The summed E-state index contributed by atoms with van der Waals surface area (Å²) in [4.78, 5) is 1.43. The lowest BCUT2D eigenvalue weighted by atomic mass is 9.98. The normalized spacial score (nSPS) is 14.3. The molecule has 1 nitrogen and oxygen atoms in total. The van der Waals surface area contributed by atoms with Crippen LogP contribution in [0.2, 0.25) is 0 Å². The largest absolute Gasteiger partial charge is 0.309 e.